The Morgan fingerprint density at radius 3 is 2.73 bits per heavy atom. The lowest BCUT2D eigenvalue weighted by molar-refractivity contribution is 0.122. The summed E-state index contributed by atoms with van der Waals surface area (Å²) in [5, 5.41) is 3.47. The lowest BCUT2D eigenvalue weighted by atomic mass is 10.1. The highest BCUT2D eigenvalue weighted by Gasteiger charge is 2.16. The Morgan fingerprint density at radius 2 is 2.05 bits per heavy atom. The first-order valence-electron chi connectivity index (χ1n) is 8.14. The molecule has 1 aliphatic rings. The second-order valence-electron chi connectivity index (χ2n) is 5.81. The average Bonchev–Trinajstić information content (AvgIpc) is 2.53. The summed E-state index contributed by atoms with van der Waals surface area (Å²) in [6, 6.07) is 6.53. The topological polar surface area (TPSA) is 37.0 Å². The quantitative estimate of drug-likeness (QED) is 0.738. The van der Waals surface area contributed by atoms with Crippen LogP contribution >= 0.6 is 0 Å². The van der Waals surface area contributed by atoms with Crippen molar-refractivity contribution in [3.8, 4) is 5.75 Å². The predicted octanol–water partition coefficient (Wildman–Crippen LogP) is 1.57. The van der Waals surface area contributed by atoms with Crippen LogP contribution < -0.4 is 15.0 Å². The van der Waals surface area contributed by atoms with E-state index in [2.05, 4.69) is 47.4 Å². The zero-order valence-electron chi connectivity index (χ0n) is 14.1. The van der Waals surface area contributed by atoms with E-state index < -0.39 is 0 Å². The summed E-state index contributed by atoms with van der Waals surface area (Å²) in [6.45, 7) is 9.07. The molecular weight excluding hydrogens is 278 g/mol. The van der Waals surface area contributed by atoms with Crippen molar-refractivity contribution in [1.82, 2.24) is 10.2 Å². The van der Waals surface area contributed by atoms with Crippen molar-refractivity contribution in [3.63, 3.8) is 0 Å². The minimum atomic E-state index is 0.689. The van der Waals surface area contributed by atoms with Crippen molar-refractivity contribution in [2.45, 2.75) is 13.5 Å². The predicted molar refractivity (Wildman–Crippen MR) is 90.9 cm³/mol. The lowest BCUT2D eigenvalue weighted by Gasteiger charge is -2.30. The summed E-state index contributed by atoms with van der Waals surface area (Å²) in [7, 11) is 4.18. The lowest BCUT2D eigenvalue weighted by Crippen LogP contribution is -2.36. The first-order chi connectivity index (χ1) is 10.7. The molecule has 0 aliphatic carbocycles. The number of benzene rings is 1. The maximum Gasteiger partial charge on any atom is 0.142 e. The first kappa shape index (κ1) is 17.1. The van der Waals surface area contributed by atoms with Crippen LogP contribution in [0, 0.1) is 0 Å². The number of ether oxygens (including phenoxy) is 2. The zero-order chi connectivity index (χ0) is 15.8. The normalized spacial score (nSPS) is 15.4. The van der Waals surface area contributed by atoms with Crippen molar-refractivity contribution in [2.24, 2.45) is 0 Å². The molecule has 1 fully saturated rings. The highest BCUT2D eigenvalue weighted by atomic mass is 16.5. The smallest absolute Gasteiger partial charge is 0.142 e. The highest BCUT2D eigenvalue weighted by molar-refractivity contribution is 5.60. The zero-order valence-corrected chi connectivity index (χ0v) is 14.1. The Bertz CT molecular complexity index is 446. The van der Waals surface area contributed by atoms with Crippen LogP contribution in [-0.4, -0.2) is 65.0 Å². The van der Waals surface area contributed by atoms with Gasteiger partial charge in [0, 0.05) is 32.7 Å². The standard InChI is InChI=1S/C17H29N3O2/c1-4-22-17-13-15(14-18-7-8-19(2)3)5-6-16(17)20-9-11-21-12-10-20/h5-6,13,18H,4,7-12,14H2,1-3H3. The summed E-state index contributed by atoms with van der Waals surface area (Å²) in [6.07, 6.45) is 0. The molecule has 1 aromatic carbocycles. The number of hydrogen-bond donors (Lipinski definition) is 1. The van der Waals surface area contributed by atoms with Crippen LogP contribution in [-0.2, 0) is 11.3 Å². The van der Waals surface area contributed by atoms with E-state index in [4.69, 9.17) is 9.47 Å². The number of nitrogens with zero attached hydrogens (tertiary/aromatic N) is 2. The maximum absolute atomic E-state index is 5.86. The van der Waals surface area contributed by atoms with E-state index in [0.29, 0.717) is 6.61 Å². The van der Waals surface area contributed by atoms with E-state index in [1.165, 1.54) is 11.3 Å². The van der Waals surface area contributed by atoms with Crippen LogP contribution in [0.25, 0.3) is 0 Å². The third-order valence-corrected chi connectivity index (χ3v) is 3.74. The van der Waals surface area contributed by atoms with Gasteiger partial charge >= 0.3 is 0 Å². The van der Waals surface area contributed by atoms with Gasteiger partial charge in [-0.2, -0.15) is 0 Å². The second kappa shape index (κ2) is 8.98. The van der Waals surface area contributed by atoms with Gasteiger partial charge in [0.25, 0.3) is 0 Å². The fourth-order valence-corrected chi connectivity index (χ4v) is 2.54. The molecule has 1 aliphatic heterocycles. The van der Waals surface area contributed by atoms with E-state index in [1.54, 1.807) is 0 Å². The van der Waals surface area contributed by atoms with Crippen molar-refractivity contribution < 1.29 is 9.47 Å². The molecule has 0 bridgehead atoms. The SMILES string of the molecule is CCOc1cc(CNCCN(C)C)ccc1N1CCOCC1. The molecule has 0 saturated carbocycles. The van der Waals surface area contributed by atoms with Crippen LogP contribution in [0.5, 0.6) is 5.75 Å². The first-order valence-corrected chi connectivity index (χ1v) is 8.14. The summed E-state index contributed by atoms with van der Waals surface area (Å²) >= 11 is 0. The largest absolute Gasteiger partial charge is 0.492 e. The number of anilines is 1. The van der Waals surface area contributed by atoms with Crippen LogP contribution in [0.4, 0.5) is 5.69 Å². The molecule has 0 spiro atoms. The van der Waals surface area contributed by atoms with Crippen molar-refractivity contribution in [3.05, 3.63) is 23.8 Å². The van der Waals surface area contributed by atoms with Gasteiger partial charge in [0.2, 0.25) is 0 Å². The summed E-state index contributed by atoms with van der Waals surface area (Å²) in [5.41, 5.74) is 2.45. The van der Waals surface area contributed by atoms with Crippen LogP contribution in [0.1, 0.15) is 12.5 Å². The molecule has 1 heterocycles. The molecule has 22 heavy (non-hydrogen) atoms. The number of morpholine rings is 1. The van der Waals surface area contributed by atoms with Crippen molar-refractivity contribution in [1.29, 1.82) is 0 Å². The molecule has 124 valence electrons. The van der Waals surface area contributed by atoms with Crippen molar-refractivity contribution in [2.75, 3.05) is 65.0 Å². The number of nitrogens with one attached hydrogen (secondary N) is 1. The summed E-state index contributed by atoms with van der Waals surface area (Å²) in [5.74, 6) is 0.983. The molecule has 1 saturated heterocycles. The van der Waals surface area contributed by atoms with Gasteiger partial charge in [-0.1, -0.05) is 6.07 Å². The number of likely N-dealkylation sites (N-methyl/N-ethyl adjacent to an activating group) is 1. The Balaban J connectivity index is 1.99. The van der Waals surface area contributed by atoms with E-state index in [9.17, 15) is 0 Å². The third-order valence-electron chi connectivity index (χ3n) is 3.74. The van der Waals surface area contributed by atoms with Gasteiger partial charge in [-0.05, 0) is 38.7 Å². The molecule has 0 amide bonds. The average molecular weight is 307 g/mol. The monoisotopic (exact) mass is 307 g/mol. The third kappa shape index (κ3) is 5.16. The Morgan fingerprint density at radius 1 is 1.27 bits per heavy atom. The highest BCUT2D eigenvalue weighted by Crippen LogP contribution is 2.30. The molecule has 5 nitrogen and oxygen atoms in total. The minimum Gasteiger partial charge on any atom is -0.492 e. The van der Waals surface area contributed by atoms with E-state index >= 15 is 0 Å². The van der Waals surface area contributed by atoms with E-state index in [-0.39, 0.29) is 0 Å². The molecule has 0 radical (unpaired) electrons. The molecular formula is C17H29N3O2. The van der Waals surface area contributed by atoms with E-state index in [1.807, 2.05) is 6.92 Å². The van der Waals surface area contributed by atoms with Crippen molar-refractivity contribution >= 4 is 5.69 Å². The van der Waals surface area contributed by atoms with Crippen LogP contribution in [0.2, 0.25) is 0 Å². The molecule has 5 heteroatoms. The molecule has 1 N–H and O–H groups in total. The van der Waals surface area contributed by atoms with Gasteiger partial charge in [0.1, 0.15) is 5.75 Å². The second-order valence-corrected chi connectivity index (χ2v) is 5.81. The fourth-order valence-electron chi connectivity index (χ4n) is 2.54. The molecule has 0 atom stereocenters. The fraction of sp³-hybridized carbons (Fsp3) is 0.647. The molecule has 1 aromatic rings. The van der Waals surface area contributed by atoms with Crippen LogP contribution in [0.15, 0.2) is 18.2 Å². The Labute approximate surface area is 134 Å². The van der Waals surface area contributed by atoms with Gasteiger partial charge < -0.3 is 24.6 Å². The Hall–Kier alpha value is -1.30. The molecule has 2 rings (SSSR count). The number of rotatable bonds is 8. The van der Waals surface area contributed by atoms with Gasteiger partial charge in [0.05, 0.1) is 25.5 Å². The molecule has 0 aromatic heterocycles. The summed E-state index contributed by atoms with van der Waals surface area (Å²) in [4.78, 5) is 4.53. The maximum atomic E-state index is 5.86. The Kier molecular flexibility index (Phi) is 6.96. The van der Waals surface area contributed by atoms with Gasteiger partial charge in [0.15, 0.2) is 0 Å². The minimum absolute atomic E-state index is 0.689. The van der Waals surface area contributed by atoms with Gasteiger partial charge in [-0.15, -0.1) is 0 Å². The number of hydrogen-bond acceptors (Lipinski definition) is 5. The van der Waals surface area contributed by atoms with Gasteiger partial charge in [-0.3, -0.25) is 0 Å². The van der Waals surface area contributed by atoms with Gasteiger partial charge in [-0.25, -0.2) is 0 Å². The summed E-state index contributed by atoms with van der Waals surface area (Å²) < 4.78 is 11.3. The molecule has 0 unspecified atom stereocenters. The van der Waals surface area contributed by atoms with E-state index in [0.717, 1.165) is 51.7 Å². The van der Waals surface area contributed by atoms with Crippen LogP contribution in [0.3, 0.4) is 0 Å².